The maximum Gasteiger partial charge on any atom is 0.303 e. The second kappa shape index (κ2) is 4.72. The Balaban J connectivity index is 1.81. The molecule has 0 heterocycles. The molecule has 6 atom stereocenters. The van der Waals surface area contributed by atoms with Gasteiger partial charge < -0.3 is 15.2 Å². The van der Waals surface area contributed by atoms with Crippen LogP contribution in [0.5, 0.6) is 0 Å². The van der Waals surface area contributed by atoms with Gasteiger partial charge in [-0.1, -0.05) is 0 Å². The summed E-state index contributed by atoms with van der Waals surface area (Å²) in [5, 5.41) is 0. The number of esters is 2. The average Bonchev–Trinajstić information content (AvgIpc) is 2.98. The molecule has 112 valence electrons. The third-order valence-electron chi connectivity index (χ3n) is 5.67. The quantitative estimate of drug-likeness (QED) is 0.774. The molecule has 0 radical (unpaired) electrons. The molecule has 0 aromatic carbocycles. The zero-order valence-electron chi connectivity index (χ0n) is 12.1. The molecule has 3 rings (SSSR count). The number of hydrogen-bond acceptors (Lipinski definition) is 5. The van der Waals surface area contributed by atoms with Gasteiger partial charge in [0.25, 0.3) is 0 Å². The van der Waals surface area contributed by atoms with E-state index in [1.165, 1.54) is 33.1 Å². The van der Waals surface area contributed by atoms with Gasteiger partial charge >= 0.3 is 11.9 Å². The third kappa shape index (κ3) is 2.03. The van der Waals surface area contributed by atoms with Crippen LogP contribution in [0.3, 0.4) is 0 Å². The average molecular weight is 281 g/mol. The predicted octanol–water partition coefficient (Wildman–Crippen LogP) is 1.39. The fourth-order valence-corrected chi connectivity index (χ4v) is 4.97. The Morgan fingerprint density at radius 1 is 1.05 bits per heavy atom. The highest BCUT2D eigenvalue weighted by Crippen LogP contribution is 2.62. The number of hydrogen-bond donors (Lipinski definition) is 1. The first kappa shape index (κ1) is 13.9. The molecule has 2 N–H and O–H groups in total. The number of fused-ring (bicyclic) bond motifs is 3. The first-order valence-corrected chi connectivity index (χ1v) is 7.52. The molecule has 4 unspecified atom stereocenters. The van der Waals surface area contributed by atoms with Crippen molar-refractivity contribution < 1.29 is 19.1 Å². The number of ether oxygens (including phenoxy) is 2. The van der Waals surface area contributed by atoms with E-state index in [1.54, 1.807) is 0 Å². The Kier molecular flexibility index (Phi) is 3.27. The van der Waals surface area contributed by atoms with Crippen LogP contribution >= 0.6 is 0 Å². The zero-order chi connectivity index (χ0) is 14.5. The van der Waals surface area contributed by atoms with Gasteiger partial charge in [-0.3, -0.25) is 9.59 Å². The Labute approximate surface area is 119 Å². The van der Waals surface area contributed by atoms with Crippen molar-refractivity contribution in [3.8, 4) is 0 Å². The summed E-state index contributed by atoms with van der Waals surface area (Å²) in [6.07, 6.45) is 4.42. The van der Waals surface area contributed by atoms with E-state index in [0.29, 0.717) is 11.8 Å². The van der Waals surface area contributed by atoms with Crippen molar-refractivity contribution >= 4 is 11.9 Å². The minimum Gasteiger partial charge on any atom is -0.459 e. The summed E-state index contributed by atoms with van der Waals surface area (Å²) in [5.41, 5.74) is 6.47. The van der Waals surface area contributed by atoms with Gasteiger partial charge in [-0.25, -0.2) is 0 Å². The van der Waals surface area contributed by atoms with Crippen molar-refractivity contribution in [1.29, 1.82) is 0 Å². The molecule has 3 aliphatic carbocycles. The van der Waals surface area contributed by atoms with Crippen molar-refractivity contribution in [2.75, 3.05) is 0 Å². The van der Waals surface area contributed by atoms with Gasteiger partial charge in [0, 0.05) is 19.9 Å². The van der Waals surface area contributed by atoms with Crippen LogP contribution in [0.1, 0.15) is 46.0 Å². The maximum absolute atomic E-state index is 11.3. The molecule has 3 aliphatic rings. The van der Waals surface area contributed by atoms with Gasteiger partial charge in [-0.15, -0.1) is 0 Å². The molecule has 5 nitrogen and oxygen atoms in total. The van der Waals surface area contributed by atoms with E-state index < -0.39 is 0 Å². The summed E-state index contributed by atoms with van der Waals surface area (Å²) in [6, 6.07) is 0.153. The lowest BCUT2D eigenvalue weighted by atomic mass is 9.69. The molecular formula is C15H23NO4. The molecule has 5 heteroatoms. The monoisotopic (exact) mass is 281 g/mol. The third-order valence-corrected chi connectivity index (χ3v) is 5.67. The van der Waals surface area contributed by atoms with E-state index in [-0.39, 0.29) is 35.6 Å². The highest BCUT2D eigenvalue weighted by Gasteiger charge is 2.62. The zero-order valence-corrected chi connectivity index (χ0v) is 12.1. The van der Waals surface area contributed by atoms with Crippen molar-refractivity contribution in [3.05, 3.63) is 0 Å². The first-order chi connectivity index (χ1) is 9.42. The fourth-order valence-electron chi connectivity index (χ4n) is 4.97. The van der Waals surface area contributed by atoms with E-state index in [1.807, 2.05) is 0 Å². The smallest absolute Gasteiger partial charge is 0.303 e. The molecule has 0 amide bonds. The topological polar surface area (TPSA) is 78.6 Å². The predicted molar refractivity (Wildman–Crippen MR) is 71.6 cm³/mol. The number of carbonyl (C=O) groups excluding carboxylic acids is 2. The van der Waals surface area contributed by atoms with Gasteiger partial charge in [0.2, 0.25) is 0 Å². The van der Waals surface area contributed by atoms with Crippen molar-refractivity contribution in [3.63, 3.8) is 0 Å². The summed E-state index contributed by atoms with van der Waals surface area (Å²) >= 11 is 0. The molecule has 0 aliphatic heterocycles. The summed E-state index contributed by atoms with van der Waals surface area (Å²) in [4.78, 5) is 22.6. The lowest BCUT2D eigenvalue weighted by molar-refractivity contribution is -0.162. The van der Waals surface area contributed by atoms with Gasteiger partial charge in [0.05, 0.1) is 0 Å². The van der Waals surface area contributed by atoms with Crippen LogP contribution in [-0.4, -0.2) is 30.2 Å². The number of rotatable bonds is 2. The molecule has 0 saturated heterocycles. The van der Waals surface area contributed by atoms with Crippen LogP contribution < -0.4 is 5.73 Å². The molecule has 20 heavy (non-hydrogen) atoms. The Morgan fingerprint density at radius 3 is 2.00 bits per heavy atom. The standard InChI is InChI=1S/C15H23NO4/c1-8(17)19-12-6-15(7-13(12)20-9(2)18)11-4-3-10(5-11)14(15)16/h10-14H,3-7,16H2,1-2H3/t10?,11?,12-,13?,14+,15?/m0/s1. The largest absolute Gasteiger partial charge is 0.459 e. The van der Waals surface area contributed by atoms with Crippen molar-refractivity contribution in [2.45, 2.75) is 64.2 Å². The van der Waals surface area contributed by atoms with Crippen molar-refractivity contribution in [2.24, 2.45) is 23.0 Å². The number of carbonyl (C=O) groups is 2. The Hall–Kier alpha value is -1.10. The van der Waals surface area contributed by atoms with Crippen LogP contribution in [-0.2, 0) is 19.1 Å². The lowest BCUT2D eigenvalue weighted by Crippen LogP contribution is -2.45. The van der Waals surface area contributed by atoms with Gasteiger partial charge in [0.15, 0.2) is 0 Å². The Bertz CT molecular complexity index is 408. The second-order valence-corrected chi connectivity index (χ2v) is 6.73. The van der Waals surface area contributed by atoms with Crippen molar-refractivity contribution in [1.82, 2.24) is 0 Å². The van der Waals surface area contributed by atoms with Gasteiger partial charge in [-0.2, -0.15) is 0 Å². The minimum absolute atomic E-state index is 0.00313. The maximum atomic E-state index is 11.3. The molecule has 3 fully saturated rings. The highest BCUT2D eigenvalue weighted by atomic mass is 16.6. The fraction of sp³-hybridized carbons (Fsp3) is 0.867. The summed E-state index contributed by atoms with van der Waals surface area (Å²) in [5.74, 6) is 0.553. The van der Waals surface area contributed by atoms with Gasteiger partial charge in [0.1, 0.15) is 12.2 Å². The second-order valence-electron chi connectivity index (χ2n) is 6.73. The highest BCUT2D eigenvalue weighted by molar-refractivity contribution is 5.67. The number of nitrogens with two attached hydrogens (primary N) is 1. The van der Waals surface area contributed by atoms with Crippen LogP contribution in [0.25, 0.3) is 0 Å². The van der Waals surface area contributed by atoms with Crippen LogP contribution in [0.15, 0.2) is 0 Å². The van der Waals surface area contributed by atoms with Crippen LogP contribution in [0.2, 0.25) is 0 Å². The van der Waals surface area contributed by atoms with E-state index >= 15 is 0 Å². The Morgan fingerprint density at radius 2 is 1.60 bits per heavy atom. The lowest BCUT2D eigenvalue weighted by Gasteiger charge is -2.39. The van der Waals surface area contributed by atoms with Crippen LogP contribution in [0, 0.1) is 17.3 Å². The van der Waals surface area contributed by atoms with E-state index in [9.17, 15) is 9.59 Å². The first-order valence-electron chi connectivity index (χ1n) is 7.52. The van der Waals surface area contributed by atoms with Gasteiger partial charge in [-0.05, 0) is 49.4 Å². The molecule has 0 aromatic rings. The molecule has 3 saturated carbocycles. The summed E-state index contributed by atoms with van der Waals surface area (Å²) < 4.78 is 10.8. The van der Waals surface area contributed by atoms with E-state index in [2.05, 4.69) is 0 Å². The molecule has 0 aromatic heterocycles. The summed E-state index contributed by atoms with van der Waals surface area (Å²) in [7, 11) is 0. The normalized spacial score (nSPS) is 45.9. The SMILES string of the molecule is CC(=O)OC1CC2(C[C@@H]1OC(C)=O)C1CCC(C1)[C@H]2N. The van der Waals surface area contributed by atoms with E-state index in [0.717, 1.165) is 12.8 Å². The van der Waals surface area contributed by atoms with Crippen LogP contribution in [0.4, 0.5) is 0 Å². The summed E-state index contributed by atoms with van der Waals surface area (Å²) in [6.45, 7) is 2.80. The molecular weight excluding hydrogens is 258 g/mol. The molecule has 2 bridgehead atoms. The van der Waals surface area contributed by atoms with E-state index in [4.69, 9.17) is 15.2 Å². The minimum atomic E-state index is -0.332. The molecule has 1 spiro atoms.